The number of imidazole rings is 1. The molecule has 0 saturated carbocycles. The molecule has 178 valence electrons. The van der Waals surface area contributed by atoms with Gasteiger partial charge in [0, 0.05) is 18.0 Å². The van der Waals surface area contributed by atoms with Crippen LogP contribution in [0.4, 0.5) is 4.39 Å². The van der Waals surface area contributed by atoms with Crippen LogP contribution in [0.1, 0.15) is 51.6 Å². The number of halogens is 2. The van der Waals surface area contributed by atoms with Crippen molar-refractivity contribution in [3.8, 4) is 11.4 Å². The molecule has 0 bridgehead atoms. The Morgan fingerprint density at radius 1 is 1.17 bits per heavy atom. The molecule has 6 nitrogen and oxygen atoms in total. The number of aromatic nitrogens is 3. The number of benzene rings is 2. The van der Waals surface area contributed by atoms with Crippen LogP contribution in [0.3, 0.4) is 0 Å². The monoisotopic (exact) mass is 491 g/mol. The summed E-state index contributed by atoms with van der Waals surface area (Å²) in [5.41, 5.74) is 3.09. The van der Waals surface area contributed by atoms with Crippen molar-refractivity contribution in [2.45, 2.75) is 32.2 Å². The third-order valence-corrected chi connectivity index (χ3v) is 6.62. The molecule has 0 amide bonds. The summed E-state index contributed by atoms with van der Waals surface area (Å²) >= 11 is 6.38. The van der Waals surface area contributed by atoms with E-state index in [0.717, 1.165) is 29.7 Å². The van der Waals surface area contributed by atoms with E-state index < -0.39 is 17.4 Å². The van der Waals surface area contributed by atoms with Crippen molar-refractivity contribution < 1.29 is 13.9 Å². The lowest BCUT2D eigenvalue weighted by Gasteiger charge is -2.28. The molecule has 0 spiro atoms. The Balaban J connectivity index is 1.57. The Kier molecular flexibility index (Phi) is 6.03. The van der Waals surface area contributed by atoms with Crippen LogP contribution in [0.5, 0.6) is 5.75 Å². The Bertz CT molecular complexity index is 1510. The Morgan fingerprint density at radius 3 is 2.74 bits per heavy atom. The number of ketones is 1. The summed E-state index contributed by atoms with van der Waals surface area (Å²) in [4.78, 5) is 31.2. The van der Waals surface area contributed by atoms with Gasteiger partial charge in [-0.15, -0.1) is 0 Å². The van der Waals surface area contributed by atoms with Crippen LogP contribution < -0.4 is 10.3 Å². The first-order valence-electron chi connectivity index (χ1n) is 11.3. The van der Waals surface area contributed by atoms with E-state index in [0.29, 0.717) is 23.4 Å². The normalized spacial score (nSPS) is 15.0. The number of methoxy groups -OCH3 is 1. The second-order valence-electron chi connectivity index (χ2n) is 8.67. The lowest BCUT2D eigenvalue weighted by molar-refractivity contribution is 0.103. The van der Waals surface area contributed by atoms with Crippen molar-refractivity contribution in [2.24, 2.45) is 0 Å². The average Bonchev–Trinajstić information content (AvgIpc) is 3.30. The maximum Gasteiger partial charge on any atom is 0.262 e. The molecule has 0 N–H and O–H groups in total. The fourth-order valence-corrected chi connectivity index (χ4v) is 4.95. The Hall–Kier alpha value is -3.71. The van der Waals surface area contributed by atoms with E-state index in [9.17, 15) is 14.0 Å². The van der Waals surface area contributed by atoms with E-state index >= 15 is 0 Å². The minimum atomic E-state index is -0.465. The largest absolute Gasteiger partial charge is 0.495 e. The third-order valence-electron chi connectivity index (χ3n) is 6.41. The SMILES string of the molecule is COc1cc(C(=O)c2cc(Cl)cn(C3CCCc4ccc(F)cc43)c2=O)ccc1-n1cnc(C)c1. The molecule has 0 fully saturated rings. The van der Waals surface area contributed by atoms with Crippen molar-refractivity contribution in [1.82, 2.24) is 14.1 Å². The van der Waals surface area contributed by atoms with Gasteiger partial charge in [-0.3, -0.25) is 9.59 Å². The highest BCUT2D eigenvalue weighted by Crippen LogP contribution is 2.33. The maximum absolute atomic E-state index is 14.0. The quantitative estimate of drug-likeness (QED) is 0.355. The number of carbonyl (C=O) groups excluding carboxylic acids is 1. The number of pyridine rings is 1. The smallest absolute Gasteiger partial charge is 0.262 e. The third kappa shape index (κ3) is 4.28. The molecular formula is C27H23ClFN3O3. The highest BCUT2D eigenvalue weighted by atomic mass is 35.5. The van der Waals surface area contributed by atoms with E-state index in [2.05, 4.69) is 4.98 Å². The predicted molar refractivity (Wildman–Crippen MR) is 131 cm³/mol. The lowest BCUT2D eigenvalue weighted by atomic mass is 9.87. The molecule has 2 aromatic carbocycles. The van der Waals surface area contributed by atoms with Crippen LogP contribution in [0, 0.1) is 12.7 Å². The summed E-state index contributed by atoms with van der Waals surface area (Å²) in [6.07, 6.45) is 7.34. The number of hydrogen-bond donors (Lipinski definition) is 0. The van der Waals surface area contributed by atoms with Gasteiger partial charge in [-0.25, -0.2) is 9.37 Å². The predicted octanol–water partition coefficient (Wildman–Crippen LogP) is 5.30. The number of aryl methyl sites for hydroxylation is 2. The van der Waals surface area contributed by atoms with Crippen molar-refractivity contribution in [3.05, 3.63) is 110 Å². The van der Waals surface area contributed by atoms with Crippen LogP contribution in [-0.4, -0.2) is 27.0 Å². The summed E-state index contributed by atoms with van der Waals surface area (Å²) in [5, 5.41) is 0.258. The molecule has 2 heterocycles. The van der Waals surface area contributed by atoms with Crippen LogP contribution in [-0.2, 0) is 6.42 Å². The minimum absolute atomic E-state index is 0.0469. The maximum atomic E-state index is 14.0. The number of rotatable bonds is 5. The molecule has 0 aliphatic heterocycles. The minimum Gasteiger partial charge on any atom is -0.495 e. The van der Waals surface area contributed by atoms with Gasteiger partial charge in [-0.05, 0) is 73.7 Å². The lowest BCUT2D eigenvalue weighted by Crippen LogP contribution is -2.31. The van der Waals surface area contributed by atoms with E-state index in [1.807, 2.05) is 13.1 Å². The zero-order chi connectivity index (χ0) is 24.7. The number of ether oxygens (including phenoxy) is 1. The number of hydrogen-bond acceptors (Lipinski definition) is 4. The first-order valence-corrected chi connectivity index (χ1v) is 11.7. The molecule has 5 rings (SSSR count). The van der Waals surface area contributed by atoms with Gasteiger partial charge in [-0.1, -0.05) is 17.7 Å². The molecule has 0 radical (unpaired) electrons. The molecule has 2 aromatic heterocycles. The van der Waals surface area contributed by atoms with Gasteiger partial charge in [0.25, 0.3) is 5.56 Å². The highest BCUT2D eigenvalue weighted by molar-refractivity contribution is 6.31. The zero-order valence-electron chi connectivity index (χ0n) is 19.3. The standard InChI is InChI=1S/C27H23ClFN3O3/c1-16-13-31(15-30-16)24-9-7-18(10-25(24)35-2)26(33)22-11-19(28)14-32(27(22)34)23-5-3-4-17-6-8-20(29)12-21(17)23/h6-15,23H,3-5H2,1-2H3. The molecule has 35 heavy (non-hydrogen) atoms. The molecule has 1 atom stereocenters. The molecule has 8 heteroatoms. The Morgan fingerprint density at radius 2 is 2.00 bits per heavy atom. The van der Waals surface area contributed by atoms with Crippen molar-refractivity contribution in [2.75, 3.05) is 7.11 Å². The van der Waals surface area contributed by atoms with Gasteiger partial charge in [0.2, 0.25) is 0 Å². The summed E-state index contributed by atoms with van der Waals surface area (Å²) in [5.74, 6) is -0.359. The number of nitrogens with zero attached hydrogens (tertiary/aromatic N) is 3. The van der Waals surface area contributed by atoms with Gasteiger partial charge in [-0.2, -0.15) is 0 Å². The second kappa shape index (κ2) is 9.15. The fourth-order valence-electron chi connectivity index (χ4n) is 4.74. The van der Waals surface area contributed by atoms with E-state index in [1.54, 1.807) is 35.2 Å². The molecule has 1 unspecified atom stereocenters. The molecular weight excluding hydrogens is 469 g/mol. The Labute approximate surface area is 206 Å². The average molecular weight is 492 g/mol. The van der Waals surface area contributed by atoms with Gasteiger partial charge >= 0.3 is 0 Å². The number of carbonyl (C=O) groups is 1. The molecule has 0 saturated heterocycles. The van der Waals surface area contributed by atoms with Gasteiger partial charge in [0.05, 0.1) is 41.4 Å². The van der Waals surface area contributed by atoms with Gasteiger partial charge in [0.15, 0.2) is 5.78 Å². The summed E-state index contributed by atoms with van der Waals surface area (Å²) in [7, 11) is 1.52. The fraction of sp³-hybridized carbons (Fsp3) is 0.222. The van der Waals surface area contributed by atoms with Crippen LogP contribution in [0.2, 0.25) is 5.02 Å². The van der Waals surface area contributed by atoms with Crippen LogP contribution in [0.25, 0.3) is 5.69 Å². The molecule has 1 aliphatic rings. The van der Waals surface area contributed by atoms with E-state index in [-0.39, 0.29) is 16.4 Å². The van der Waals surface area contributed by atoms with Crippen molar-refractivity contribution in [3.63, 3.8) is 0 Å². The zero-order valence-corrected chi connectivity index (χ0v) is 20.1. The first kappa shape index (κ1) is 23.1. The summed E-state index contributed by atoms with van der Waals surface area (Å²) in [6, 6.07) is 10.6. The van der Waals surface area contributed by atoms with Crippen LogP contribution in [0.15, 0.2) is 66.0 Å². The molecule has 4 aromatic rings. The van der Waals surface area contributed by atoms with Crippen molar-refractivity contribution >= 4 is 17.4 Å². The highest BCUT2D eigenvalue weighted by Gasteiger charge is 2.26. The van der Waals surface area contributed by atoms with E-state index in [1.165, 1.54) is 36.1 Å². The van der Waals surface area contributed by atoms with Gasteiger partial charge in [0.1, 0.15) is 11.6 Å². The summed E-state index contributed by atoms with van der Waals surface area (Å²) in [6.45, 7) is 1.88. The second-order valence-corrected chi connectivity index (χ2v) is 9.11. The van der Waals surface area contributed by atoms with Crippen molar-refractivity contribution in [1.29, 1.82) is 0 Å². The van der Waals surface area contributed by atoms with Gasteiger partial charge < -0.3 is 13.9 Å². The topological polar surface area (TPSA) is 66.1 Å². The molecule has 1 aliphatic carbocycles. The first-order chi connectivity index (χ1) is 16.9. The van der Waals surface area contributed by atoms with E-state index in [4.69, 9.17) is 16.3 Å². The summed E-state index contributed by atoms with van der Waals surface area (Å²) < 4.78 is 22.8. The van der Waals surface area contributed by atoms with Crippen LogP contribution >= 0.6 is 11.6 Å². The number of fused-ring (bicyclic) bond motifs is 1.